The summed E-state index contributed by atoms with van der Waals surface area (Å²) in [5.41, 5.74) is 0.776. The molecule has 3 heteroatoms. The highest BCUT2D eigenvalue weighted by Crippen LogP contribution is 2.32. The minimum atomic E-state index is -0.177. The van der Waals surface area contributed by atoms with E-state index in [0.717, 1.165) is 24.4 Å². The maximum atomic E-state index is 14.0. The van der Waals surface area contributed by atoms with Gasteiger partial charge in [-0.15, -0.1) is 0 Å². The molecule has 20 heavy (non-hydrogen) atoms. The Morgan fingerprint density at radius 3 is 2.85 bits per heavy atom. The maximum absolute atomic E-state index is 14.0. The standard InChI is InChI=1S/C17H25ClFN/c1-3-20-17(14-6-4-5-12(2)9-14)10-13-7-8-15(18)11-16(13)19/h7-8,11-12,14,17,20H,3-6,9-10H2,1-2H3. The van der Waals surface area contributed by atoms with Crippen molar-refractivity contribution in [1.82, 2.24) is 5.32 Å². The lowest BCUT2D eigenvalue weighted by Crippen LogP contribution is -2.40. The van der Waals surface area contributed by atoms with Crippen LogP contribution >= 0.6 is 11.6 Å². The third-order valence-corrected chi connectivity index (χ3v) is 4.70. The van der Waals surface area contributed by atoms with Gasteiger partial charge in [0.25, 0.3) is 0 Å². The van der Waals surface area contributed by atoms with E-state index < -0.39 is 0 Å². The van der Waals surface area contributed by atoms with Crippen molar-refractivity contribution in [1.29, 1.82) is 0 Å². The van der Waals surface area contributed by atoms with Crippen LogP contribution in [0.5, 0.6) is 0 Å². The van der Waals surface area contributed by atoms with E-state index >= 15 is 0 Å². The Labute approximate surface area is 126 Å². The third kappa shape index (κ3) is 4.20. The zero-order valence-corrected chi connectivity index (χ0v) is 13.2. The monoisotopic (exact) mass is 297 g/mol. The van der Waals surface area contributed by atoms with Crippen LogP contribution in [0.25, 0.3) is 0 Å². The van der Waals surface area contributed by atoms with Crippen molar-refractivity contribution < 1.29 is 4.39 Å². The summed E-state index contributed by atoms with van der Waals surface area (Å²) in [5.74, 6) is 1.28. The van der Waals surface area contributed by atoms with Crippen molar-refractivity contribution in [2.24, 2.45) is 11.8 Å². The summed E-state index contributed by atoms with van der Waals surface area (Å²) in [6, 6.07) is 5.41. The molecule has 1 aromatic carbocycles. The molecule has 0 aromatic heterocycles. The van der Waals surface area contributed by atoms with Crippen LogP contribution in [0, 0.1) is 17.7 Å². The summed E-state index contributed by atoms with van der Waals surface area (Å²) in [5, 5.41) is 4.03. The minimum absolute atomic E-state index is 0.177. The Kier molecular flexibility index (Phi) is 5.86. The topological polar surface area (TPSA) is 12.0 Å². The zero-order chi connectivity index (χ0) is 14.5. The van der Waals surface area contributed by atoms with Crippen molar-refractivity contribution in [3.63, 3.8) is 0 Å². The SMILES string of the molecule is CCNC(Cc1ccc(Cl)cc1F)C1CCCC(C)C1. The highest BCUT2D eigenvalue weighted by molar-refractivity contribution is 6.30. The van der Waals surface area contributed by atoms with Crippen molar-refractivity contribution in [2.75, 3.05) is 6.54 Å². The minimum Gasteiger partial charge on any atom is -0.314 e. The van der Waals surface area contributed by atoms with Crippen molar-refractivity contribution in [3.05, 3.63) is 34.6 Å². The molecule has 2 rings (SSSR count). The van der Waals surface area contributed by atoms with Gasteiger partial charge < -0.3 is 5.32 Å². The van der Waals surface area contributed by atoms with E-state index in [2.05, 4.69) is 19.2 Å². The Bertz CT molecular complexity index is 435. The zero-order valence-electron chi connectivity index (χ0n) is 12.5. The Morgan fingerprint density at radius 2 is 2.20 bits per heavy atom. The van der Waals surface area contributed by atoms with Gasteiger partial charge in [-0.3, -0.25) is 0 Å². The molecule has 0 heterocycles. The average molecular weight is 298 g/mol. The van der Waals surface area contributed by atoms with Crippen molar-refractivity contribution >= 4 is 11.6 Å². The molecule has 1 N–H and O–H groups in total. The van der Waals surface area contributed by atoms with Crippen LogP contribution in [0.4, 0.5) is 4.39 Å². The molecule has 0 saturated heterocycles. The number of halogens is 2. The lowest BCUT2D eigenvalue weighted by molar-refractivity contribution is 0.222. The van der Waals surface area contributed by atoms with Gasteiger partial charge in [-0.1, -0.05) is 44.4 Å². The number of rotatable bonds is 5. The molecule has 1 saturated carbocycles. The average Bonchev–Trinajstić information content (AvgIpc) is 2.41. The first kappa shape index (κ1) is 15.8. The lowest BCUT2D eigenvalue weighted by atomic mass is 9.77. The molecule has 1 nitrogen and oxygen atoms in total. The van der Waals surface area contributed by atoms with Crippen LogP contribution in [0.1, 0.15) is 45.1 Å². The molecular formula is C17H25ClFN. The molecule has 0 spiro atoms. The number of benzene rings is 1. The molecule has 1 fully saturated rings. The Hall–Kier alpha value is -0.600. The summed E-state index contributed by atoms with van der Waals surface area (Å²) in [4.78, 5) is 0. The van der Waals surface area contributed by atoms with E-state index in [4.69, 9.17) is 11.6 Å². The molecule has 0 bridgehead atoms. The molecule has 3 atom stereocenters. The first-order valence-corrected chi connectivity index (χ1v) is 8.15. The summed E-state index contributed by atoms with van der Waals surface area (Å²) < 4.78 is 14.0. The van der Waals surface area contributed by atoms with Gasteiger partial charge in [0, 0.05) is 11.1 Å². The van der Waals surface area contributed by atoms with Gasteiger partial charge in [-0.25, -0.2) is 4.39 Å². The van der Waals surface area contributed by atoms with Gasteiger partial charge in [0.15, 0.2) is 0 Å². The van der Waals surface area contributed by atoms with Crippen molar-refractivity contribution in [3.8, 4) is 0 Å². The largest absolute Gasteiger partial charge is 0.314 e. The Balaban J connectivity index is 2.08. The Morgan fingerprint density at radius 1 is 1.40 bits per heavy atom. The fraction of sp³-hybridized carbons (Fsp3) is 0.647. The fourth-order valence-electron chi connectivity index (χ4n) is 3.44. The lowest BCUT2D eigenvalue weighted by Gasteiger charge is -2.34. The van der Waals surface area contributed by atoms with E-state index in [0.29, 0.717) is 17.0 Å². The maximum Gasteiger partial charge on any atom is 0.127 e. The van der Waals surface area contributed by atoms with E-state index in [-0.39, 0.29) is 5.82 Å². The number of likely N-dealkylation sites (N-methyl/N-ethyl adjacent to an activating group) is 1. The van der Waals surface area contributed by atoms with E-state index in [1.165, 1.54) is 31.7 Å². The molecule has 0 aliphatic heterocycles. The molecule has 112 valence electrons. The second kappa shape index (κ2) is 7.42. The summed E-state index contributed by atoms with van der Waals surface area (Å²) in [6.45, 7) is 5.39. The molecule has 1 aliphatic carbocycles. The van der Waals surface area contributed by atoms with Crippen LogP contribution in [0.2, 0.25) is 5.02 Å². The summed E-state index contributed by atoms with van der Waals surface area (Å²) in [6.07, 6.45) is 5.92. The summed E-state index contributed by atoms with van der Waals surface area (Å²) in [7, 11) is 0. The second-order valence-electron chi connectivity index (χ2n) is 6.14. The molecule has 3 unspecified atom stereocenters. The van der Waals surface area contributed by atoms with Gasteiger partial charge in [0.05, 0.1) is 0 Å². The quantitative estimate of drug-likeness (QED) is 0.821. The summed E-state index contributed by atoms with van der Waals surface area (Å²) >= 11 is 5.83. The molecule has 0 radical (unpaired) electrons. The highest BCUT2D eigenvalue weighted by atomic mass is 35.5. The van der Waals surface area contributed by atoms with Crippen molar-refractivity contribution in [2.45, 2.75) is 52.0 Å². The van der Waals surface area contributed by atoms with E-state index in [9.17, 15) is 4.39 Å². The first-order chi connectivity index (χ1) is 9.60. The molecular weight excluding hydrogens is 273 g/mol. The number of hydrogen-bond donors (Lipinski definition) is 1. The normalized spacial score (nSPS) is 24.6. The van der Waals surface area contributed by atoms with Gasteiger partial charge in [0.2, 0.25) is 0 Å². The number of nitrogens with one attached hydrogen (secondary N) is 1. The molecule has 0 amide bonds. The highest BCUT2D eigenvalue weighted by Gasteiger charge is 2.26. The van der Waals surface area contributed by atoms with E-state index in [1.807, 2.05) is 6.07 Å². The predicted molar refractivity (Wildman–Crippen MR) is 83.7 cm³/mol. The third-order valence-electron chi connectivity index (χ3n) is 4.47. The molecule has 1 aliphatic rings. The van der Waals surface area contributed by atoms with Crippen LogP contribution in [-0.2, 0) is 6.42 Å². The smallest absolute Gasteiger partial charge is 0.127 e. The predicted octanol–water partition coefficient (Wildman–Crippen LogP) is 4.83. The van der Waals surface area contributed by atoms with Gasteiger partial charge in [-0.05, 0) is 55.3 Å². The molecule has 1 aromatic rings. The first-order valence-electron chi connectivity index (χ1n) is 7.77. The fourth-order valence-corrected chi connectivity index (χ4v) is 3.60. The van der Waals surface area contributed by atoms with Crippen LogP contribution in [0.3, 0.4) is 0 Å². The van der Waals surface area contributed by atoms with Crippen LogP contribution < -0.4 is 5.32 Å². The van der Waals surface area contributed by atoms with Gasteiger partial charge in [0.1, 0.15) is 5.82 Å². The van der Waals surface area contributed by atoms with Crippen LogP contribution in [0.15, 0.2) is 18.2 Å². The van der Waals surface area contributed by atoms with Crippen LogP contribution in [-0.4, -0.2) is 12.6 Å². The van der Waals surface area contributed by atoms with E-state index in [1.54, 1.807) is 6.07 Å². The van der Waals surface area contributed by atoms with Gasteiger partial charge in [-0.2, -0.15) is 0 Å². The number of hydrogen-bond acceptors (Lipinski definition) is 1. The van der Waals surface area contributed by atoms with Gasteiger partial charge >= 0.3 is 0 Å². The second-order valence-corrected chi connectivity index (χ2v) is 6.57.